The van der Waals surface area contributed by atoms with E-state index in [9.17, 15) is 0 Å². The molecule has 0 radical (unpaired) electrons. The van der Waals surface area contributed by atoms with E-state index in [0.29, 0.717) is 0 Å². The van der Waals surface area contributed by atoms with E-state index in [0.717, 1.165) is 24.9 Å². The van der Waals surface area contributed by atoms with Crippen LogP contribution in [0.4, 0.5) is 0 Å². The van der Waals surface area contributed by atoms with Crippen LogP contribution in [0.1, 0.15) is 38.2 Å². The van der Waals surface area contributed by atoms with E-state index in [4.69, 9.17) is 9.90 Å². The molecule has 2 N–H and O–H groups in total. The van der Waals surface area contributed by atoms with Gasteiger partial charge in [-0.05, 0) is 13.3 Å². The van der Waals surface area contributed by atoms with Crippen molar-refractivity contribution >= 4 is 5.97 Å². The summed E-state index contributed by atoms with van der Waals surface area (Å²) in [6.45, 7) is 5.30. The number of hydrogen-bond acceptors (Lipinski definition) is 2. The van der Waals surface area contributed by atoms with Gasteiger partial charge in [0.15, 0.2) is 0 Å². The van der Waals surface area contributed by atoms with Gasteiger partial charge in [0.05, 0.1) is 0 Å². The third-order valence-corrected chi connectivity index (χ3v) is 1.52. The maximum atomic E-state index is 9.00. The molecule has 0 aliphatic heterocycles. The first-order valence-corrected chi connectivity index (χ1v) is 4.76. The average Bonchev–Trinajstić information content (AvgIpc) is 2.47. The second-order valence-electron chi connectivity index (χ2n) is 3.14. The van der Waals surface area contributed by atoms with Gasteiger partial charge >= 0.3 is 0 Å². The highest BCUT2D eigenvalue weighted by Crippen LogP contribution is 1.99. The van der Waals surface area contributed by atoms with Gasteiger partial charge in [-0.15, -0.1) is 0 Å². The van der Waals surface area contributed by atoms with Crippen molar-refractivity contribution < 1.29 is 9.90 Å². The number of rotatable bonds is 3. The lowest BCUT2D eigenvalue weighted by atomic mass is 10.2. The van der Waals surface area contributed by atoms with E-state index in [-0.39, 0.29) is 0 Å². The fraction of sp³-hybridized carbons (Fsp3) is 0.600. The van der Waals surface area contributed by atoms with Crippen molar-refractivity contribution in [1.82, 2.24) is 9.97 Å². The second kappa shape index (κ2) is 7.12. The molecular weight excluding hydrogens is 180 g/mol. The molecule has 0 aromatic carbocycles. The van der Waals surface area contributed by atoms with Gasteiger partial charge in [0.2, 0.25) is 0 Å². The number of aryl methyl sites for hydroxylation is 2. The van der Waals surface area contributed by atoms with Gasteiger partial charge in [-0.25, -0.2) is 4.98 Å². The first kappa shape index (κ1) is 12.7. The number of hydrogen-bond donors (Lipinski definition) is 2. The van der Waals surface area contributed by atoms with Crippen LogP contribution < -0.4 is 0 Å². The molecule has 0 saturated carbocycles. The third kappa shape index (κ3) is 7.34. The zero-order chi connectivity index (χ0) is 11.0. The molecule has 1 heterocycles. The second-order valence-corrected chi connectivity index (χ2v) is 3.14. The van der Waals surface area contributed by atoms with Crippen molar-refractivity contribution in [2.24, 2.45) is 0 Å². The Balaban J connectivity index is 0.000000364. The molecule has 0 amide bonds. The van der Waals surface area contributed by atoms with E-state index in [1.807, 2.05) is 13.1 Å². The summed E-state index contributed by atoms with van der Waals surface area (Å²) in [5.41, 5.74) is 1.16. The number of aliphatic carboxylic acids is 1. The number of aromatic nitrogens is 2. The van der Waals surface area contributed by atoms with Crippen molar-refractivity contribution in [3.63, 3.8) is 0 Å². The summed E-state index contributed by atoms with van der Waals surface area (Å²) in [4.78, 5) is 16.4. The maximum absolute atomic E-state index is 9.00. The Morgan fingerprint density at radius 1 is 1.64 bits per heavy atom. The summed E-state index contributed by atoms with van der Waals surface area (Å²) in [5.74, 6) is 0.291. The predicted molar refractivity (Wildman–Crippen MR) is 55.2 cm³/mol. The van der Waals surface area contributed by atoms with E-state index in [1.165, 1.54) is 12.8 Å². The highest BCUT2D eigenvalue weighted by Gasteiger charge is 1.94. The van der Waals surface area contributed by atoms with Crippen LogP contribution in [0.25, 0.3) is 0 Å². The van der Waals surface area contributed by atoms with Gasteiger partial charge in [-0.3, -0.25) is 4.79 Å². The van der Waals surface area contributed by atoms with Crippen molar-refractivity contribution in [2.75, 3.05) is 0 Å². The number of imidazole rings is 1. The minimum absolute atomic E-state index is 0.833. The van der Waals surface area contributed by atoms with Gasteiger partial charge in [0, 0.05) is 25.2 Å². The lowest BCUT2D eigenvalue weighted by Crippen LogP contribution is -1.86. The topological polar surface area (TPSA) is 66.0 Å². The van der Waals surface area contributed by atoms with E-state index in [2.05, 4.69) is 16.9 Å². The molecule has 0 fully saturated rings. The molecular formula is C10H18N2O2. The van der Waals surface area contributed by atoms with Crippen molar-refractivity contribution in [2.45, 2.75) is 40.0 Å². The van der Waals surface area contributed by atoms with Crippen LogP contribution in [0.5, 0.6) is 0 Å². The molecule has 0 unspecified atom stereocenters. The van der Waals surface area contributed by atoms with E-state index >= 15 is 0 Å². The number of nitrogens with one attached hydrogen (secondary N) is 1. The third-order valence-electron chi connectivity index (χ3n) is 1.52. The SMILES string of the molecule is CC(=O)O.CCCCc1ncc(C)[nH]1. The van der Waals surface area contributed by atoms with Crippen molar-refractivity contribution in [3.8, 4) is 0 Å². The Hall–Kier alpha value is -1.32. The first-order valence-electron chi connectivity index (χ1n) is 4.76. The lowest BCUT2D eigenvalue weighted by Gasteiger charge is -1.91. The summed E-state index contributed by atoms with van der Waals surface area (Å²) >= 11 is 0. The number of nitrogens with zero attached hydrogens (tertiary/aromatic N) is 1. The molecule has 1 aromatic heterocycles. The number of unbranched alkanes of at least 4 members (excludes halogenated alkanes) is 1. The van der Waals surface area contributed by atoms with Crippen LogP contribution in [0.3, 0.4) is 0 Å². The minimum atomic E-state index is -0.833. The van der Waals surface area contributed by atoms with Crippen LogP contribution >= 0.6 is 0 Å². The molecule has 4 heteroatoms. The molecule has 4 nitrogen and oxygen atoms in total. The number of carbonyl (C=O) groups is 1. The fourth-order valence-corrected chi connectivity index (χ4v) is 0.938. The van der Waals surface area contributed by atoms with Crippen LogP contribution in [-0.4, -0.2) is 21.0 Å². The standard InChI is InChI=1S/C8H14N2.C2H4O2/c1-3-4-5-8-9-6-7(2)10-8;1-2(3)4/h6H,3-5H2,1-2H3,(H,9,10);1H3,(H,3,4). The van der Waals surface area contributed by atoms with Crippen LogP contribution in [0.15, 0.2) is 6.20 Å². The Bertz CT molecular complexity index is 265. The molecule has 80 valence electrons. The predicted octanol–water partition coefficient (Wildman–Crippen LogP) is 2.15. The number of aromatic amines is 1. The molecule has 0 spiro atoms. The molecule has 0 aliphatic rings. The number of carboxylic acid groups (broad SMARTS) is 1. The smallest absolute Gasteiger partial charge is 0.300 e. The minimum Gasteiger partial charge on any atom is -0.481 e. The summed E-state index contributed by atoms with van der Waals surface area (Å²) in [6.07, 6.45) is 5.43. The van der Waals surface area contributed by atoms with Crippen LogP contribution in [0, 0.1) is 6.92 Å². The molecule has 0 atom stereocenters. The molecule has 0 bridgehead atoms. The zero-order valence-electron chi connectivity index (χ0n) is 9.00. The van der Waals surface area contributed by atoms with Crippen LogP contribution in [-0.2, 0) is 11.2 Å². The molecule has 1 aromatic rings. The molecule has 1 rings (SSSR count). The monoisotopic (exact) mass is 198 g/mol. The average molecular weight is 198 g/mol. The van der Waals surface area contributed by atoms with Crippen molar-refractivity contribution in [1.29, 1.82) is 0 Å². The first-order chi connectivity index (χ1) is 6.56. The Kier molecular flexibility index (Phi) is 6.45. The van der Waals surface area contributed by atoms with Crippen LogP contribution in [0.2, 0.25) is 0 Å². The Morgan fingerprint density at radius 2 is 2.21 bits per heavy atom. The fourth-order valence-electron chi connectivity index (χ4n) is 0.938. The lowest BCUT2D eigenvalue weighted by molar-refractivity contribution is -0.134. The van der Waals surface area contributed by atoms with Gasteiger partial charge in [0.25, 0.3) is 5.97 Å². The number of carboxylic acids is 1. The highest BCUT2D eigenvalue weighted by molar-refractivity contribution is 5.62. The highest BCUT2D eigenvalue weighted by atomic mass is 16.4. The molecule has 0 saturated heterocycles. The summed E-state index contributed by atoms with van der Waals surface area (Å²) in [6, 6.07) is 0. The number of H-pyrrole nitrogens is 1. The van der Waals surface area contributed by atoms with E-state index in [1.54, 1.807) is 0 Å². The van der Waals surface area contributed by atoms with Gasteiger partial charge in [-0.1, -0.05) is 13.3 Å². The van der Waals surface area contributed by atoms with Crippen molar-refractivity contribution in [3.05, 3.63) is 17.7 Å². The molecule has 0 aliphatic carbocycles. The Morgan fingerprint density at radius 3 is 2.57 bits per heavy atom. The van der Waals surface area contributed by atoms with Gasteiger partial charge < -0.3 is 10.1 Å². The summed E-state index contributed by atoms with van der Waals surface area (Å²) < 4.78 is 0. The van der Waals surface area contributed by atoms with Gasteiger partial charge in [0.1, 0.15) is 5.82 Å². The Labute approximate surface area is 84.4 Å². The van der Waals surface area contributed by atoms with E-state index < -0.39 is 5.97 Å². The maximum Gasteiger partial charge on any atom is 0.300 e. The van der Waals surface area contributed by atoms with Gasteiger partial charge in [-0.2, -0.15) is 0 Å². The normalized spacial score (nSPS) is 9.07. The zero-order valence-corrected chi connectivity index (χ0v) is 9.00. The molecule has 14 heavy (non-hydrogen) atoms. The summed E-state index contributed by atoms with van der Waals surface area (Å²) in [7, 11) is 0. The quantitative estimate of drug-likeness (QED) is 0.782. The summed E-state index contributed by atoms with van der Waals surface area (Å²) in [5, 5.41) is 7.42. The largest absolute Gasteiger partial charge is 0.481 e.